The molecule has 0 aromatic heterocycles. The van der Waals surface area contributed by atoms with E-state index in [4.69, 9.17) is 17.3 Å². The molecule has 2 aromatic carbocycles. The van der Waals surface area contributed by atoms with Crippen LogP contribution in [0.5, 0.6) is 5.75 Å². The Bertz CT molecular complexity index is 597. The van der Waals surface area contributed by atoms with Gasteiger partial charge < -0.3 is 16.2 Å². The standard InChI is InChI=1S/C14H13ClN2O2/c15-10-6-4-9(5-7-10)8-17-14(19)11-2-1-3-12(16)13(11)18/h1-7,18H,8,16H2,(H,17,19). The number of benzene rings is 2. The van der Waals surface area contributed by atoms with Gasteiger partial charge in [-0.15, -0.1) is 0 Å². The molecule has 0 atom stereocenters. The zero-order valence-corrected chi connectivity index (χ0v) is 10.8. The van der Waals surface area contributed by atoms with Crippen LogP contribution in [0.25, 0.3) is 0 Å². The van der Waals surface area contributed by atoms with Crippen molar-refractivity contribution in [3.63, 3.8) is 0 Å². The maximum absolute atomic E-state index is 11.9. The summed E-state index contributed by atoms with van der Waals surface area (Å²) in [4.78, 5) is 11.9. The number of phenols is 1. The predicted octanol–water partition coefficient (Wildman–Crippen LogP) is 2.56. The third-order valence-corrected chi connectivity index (χ3v) is 2.93. The largest absolute Gasteiger partial charge is 0.505 e. The molecule has 19 heavy (non-hydrogen) atoms. The van der Waals surface area contributed by atoms with Gasteiger partial charge in [0, 0.05) is 11.6 Å². The molecule has 0 bridgehead atoms. The zero-order chi connectivity index (χ0) is 13.8. The summed E-state index contributed by atoms with van der Waals surface area (Å²) in [5.41, 5.74) is 6.80. The SMILES string of the molecule is Nc1cccc(C(=O)NCc2ccc(Cl)cc2)c1O. The maximum Gasteiger partial charge on any atom is 0.255 e. The predicted molar refractivity (Wildman–Crippen MR) is 75.1 cm³/mol. The Morgan fingerprint density at radius 3 is 2.58 bits per heavy atom. The van der Waals surface area contributed by atoms with Crippen LogP contribution >= 0.6 is 11.6 Å². The van der Waals surface area contributed by atoms with E-state index in [0.29, 0.717) is 11.6 Å². The lowest BCUT2D eigenvalue weighted by atomic mass is 10.1. The van der Waals surface area contributed by atoms with Gasteiger partial charge in [-0.1, -0.05) is 29.8 Å². The summed E-state index contributed by atoms with van der Waals surface area (Å²) in [5.74, 6) is -0.573. The molecule has 0 aliphatic carbocycles. The minimum absolute atomic E-state index is 0.161. The highest BCUT2D eigenvalue weighted by atomic mass is 35.5. The molecule has 0 saturated carbocycles. The molecule has 4 nitrogen and oxygen atoms in total. The van der Waals surface area contributed by atoms with Crippen LogP contribution < -0.4 is 11.1 Å². The number of para-hydroxylation sites is 1. The fraction of sp³-hybridized carbons (Fsp3) is 0.0714. The highest BCUT2D eigenvalue weighted by Gasteiger charge is 2.12. The number of amides is 1. The van der Waals surface area contributed by atoms with Gasteiger partial charge in [-0.25, -0.2) is 0 Å². The molecule has 0 aliphatic heterocycles. The van der Waals surface area contributed by atoms with E-state index in [9.17, 15) is 9.90 Å². The number of carbonyl (C=O) groups excluding carboxylic acids is 1. The highest BCUT2D eigenvalue weighted by molar-refractivity contribution is 6.30. The molecule has 0 aliphatic rings. The van der Waals surface area contributed by atoms with Crippen molar-refractivity contribution >= 4 is 23.2 Å². The Morgan fingerprint density at radius 1 is 1.21 bits per heavy atom. The van der Waals surface area contributed by atoms with Crippen LogP contribution in [0.15, 0.2) is 42.5 Å². The topological polar surface area (TPSA) is 75.4 Å². The summed E-state index contributed by atoms with van der Waals surface area (Å²) in [7, 11) is 0. The number of carbonyl (C=O) groups is 1. The van der Waals surface area contributed by atoms with E-state index in [1.165, 1.54) is 12.1 Å². The van der Waals surface area contributed by atoms with E-state index < -0.39 is 0 Å². The smallest absolute Gasteiger partial charge is 0.255 e. The van der Waals surface area contributed by atoms with Gasteiger partial charge in [0.15, 0.2) is 5.75 Å². The zero-order valence-electron chi connectivity index (χ0n) is 10.1. The number of halogens is 1. The molecule has 98 valence electrons. The van der Waals surface area contributed by atoms with Crippen LogP contribution in [0.3, 0.4) is 0 Å². The third-order valence-electron chi connectivity index (χ3n) is 2.68. The average molecular weight is 277 g/mol. The van der Waals surface area contributed by atoms with Gasteiger partial charge in [0.05, 0.1) is 11.3 Å². The molecule has 4 N–H and O–H groups in total. The second-order valence-corrected chi connectivity index (χ2v) is 4.49. The van der Waals surface area contributed by atoms with Crippen LogP contribution in [-0.2, 0) is 6.54 Å². The van der Waals surface area contributed by atoms with E-state index in [1.54, 1.807) is 18.2 Å². The van der Waals surface area contributed by atoms with Crippen molar-refractivity contribution < 1.29 is 9.90 Å². The molecule has 1 amide bonds. The van der Waals surface area contributed by atoms with Crippen LogP contribution in [-0.4, -0.2) is 11.0 Å². The van der Waals surface area contributed by atoms with Gasteiger partial charge in [0.2, 0.25) is 0 Å². The summed E-state index contributed by atoms with van der Waals surface area (Å²) >= 11 is 5.77. The van der Waals surface area contributed by atoms with Crippen molar-refractivity contribution in [2.24, 2.45) is 0 Å². The number of hydrogen-bond donors (Lipinski definition) is 3. The monoisotopic (exact) mass is 276 g/mol. The number of nitrogens with two attached hydrogens (primary N) is 1. The summed E-state index contributed by atoms with van der Waals surface area (Å²) < 4.78 is 0. The van der Waals surface area contributed by atoms with E-state index in [2.05, 4.69) is 5.32 Å². The summed E-state index contributed by atoms with van der Waals surface area (Å²) in [6, 6.07) is 11.8. The minimum Gasteiger partial charge on any atom is -0.505 e. The lowest BCUT2D eigenvalue weighted by Crippen LogP contribution is -2.23. The van der Waals surface area contributed by atoms with E-state index in [-0.39, 0.29) is 22.9 Å². The van der Waals surface area contributed by atoms with Gasteiger partial charge >= 0.3 is 0 Å². The molecule has 0 spiro atoms. The molecule has 0 fully saturated rings. The van der Waals surface area contributed by atoms with Crippen molar-refractivity contribution in [3.8, 4) is 5.75 Å². The summed E-state index contributed by atoms with van der Waals surface area (Å²) in [6.07, 6.45) is 0. The quantitative estimate of drug-likeness (QED) is 0.596. The minimum atomic E-state index is -0.375. The van der Waals surface area contributed by atoms with Gasteiger partial charge in [-0.2, -0.15) is 0 Å². The number of nitrogens with one attached hydrogen (secondary N) is 1. The third kappa shape index (κ3) is 3.17. The van der Waals surface area contributed by atoms with Crippen molar-refractivity contribution in [1.82, 2.24) is 5.32 Å². The Kier molecular flexibility index (Phi) is 3.92. The molecule has 0 unspecified atom stereocenters. The number of phenolic OH excluding ortho intramolecular Hbond substituents is 1. The van der Waals surface area contributed by atoms with E-state index in [0.717, 1.165) is 5.56 Å². The lowest BCUT2D eigenvalue weighted by molar-refractivity contribution is 0.0948. The number of rotatable bonds is 3. The molecule has 2 rings (SSSR count). The van der Waals surface area contributed by atoms with Crippen LogP contribution in [0.2, 0.25) is 5.02 Å². The van der Waals surface area contributed by atoms with Crippen molar-refractivity contribution in [3.05, 3.63) is 58.6 Å². The number of hydrogen-bond acceptors (Lipinski definition) is 3. The average Bonchev–Trinajstić information content (AvgIpc) is 2.41. The maximum atomic E-state index is 11.9. The molecule has 0 radical (unpaired) electrons. The molecule has 0 heterocycles. The molecule has 5 heteroatoms. The van der Waals surface area contributed by atoms with Crippen LogP contribution in [0.1, 0.15) is 15.9 Å². The first-order valence-corrected chi connectivity index (χ1v) is 6.06. The second-order valence-electron chi connectivity index (χ2n) is 4.05. The van der Waals surface area contributed by atoms with E-state index >= 15 is 0 Å². The number of aromatic hydroxyl groups is 1. The Balaban J connectivity index is 2.05. The normalized spacial score (nSPS) is 10.2. The molecular formula is C14H13ClN2O2. The van der Waals surface area contributed by atoms with Gasteiger partial charge in [0.1, 0.15) is 0 Å². The first-order chi connectivity index (χ1) is 9.08. The Hall–Kier alpha value is -2.20. The van der Waals surface area contributed by atoms with Crippen molar-refractivity contribution in [2.45, 2.75) is 6.54 Å². The second kappa shape index (κ2) is 5.63. The summed E-state index contributed by atoms with van der Waals surface area (Å²) in [6.45, 7) is 0.351. The van der Waals surface area contributed by atoms with Gasteiger partial charge in [-0.05, 0) is 29.8 Å². The van der Waals surface area contributed by atoms with Crippen molar-refractivity contribution in [2.75, 3.05) is 5.73 Å². The highest BCUT2D eigenvalue weighted by Crippen LogP contribution is 2.24. The lowest BCUT2D eigenvalue weighted by Gasteiger charge is -2.08. The van der Waals surface area contributed by atoms with E-state index in [1.807, 2.05) is 12.1 Å². The molecule has 2 aromatic rings. The number of nitrogen functional groups attached to an aromatic ring is 1. The number of anilines is 1. The Morgan fingerprint density at radius 2 is 1.89 bits per heavy atom. The fourth-order valence-electron chi connectivity index (χ4n) is 1.62. The Labute approximate surface area is 115 Å². The van der Waals surface area contributed by atoms with Gasteiger partial charge in [0.25, 0.3) is 5.91 Å². The van der Waals surface area contributed by atoms with Crippen molar-refractivity contribution in [1.29, 1.82) is 0 Å². The first-order valence-electron chi connectivity index (χ1n) is 5.68. The molecular weight excluding hydrogens is 264 g/mol. The van der Waals surface area contributed by atoms with Gasteiger partial charge in [-0.3, -0.25) is 4.79 Å². The first kappa shape index (κ1) is 13.2. The fourth-order valence-corrected chi connectivity index (χ4v) is 1.75. The summed E-state index contributed by atoms with van der Waals surface area (Å²) in [5, 5.41) is 13.0. The molecule has 0 saturated heterocycles. The van der Waals surface area contributed by atoms with Crippen LogP contribution in [0, 0.1) is 0 Å². The van der Waals surface area contributed by atoms with Crippen LogP contribution in [0.4, 0.5) is 5.69 Å².